The molecule has 0 aliphatic heterocycles. The van der Waals surface area contributed by atoms with Gasteiger partial charge in [0.05, 0.1) is 21.9 Å². The Balaban J connectivity index is 1.26. The Morgan fingerprint density at radius 2 is 1.69 bits per heavy atom. The molecule has 5 rings (SSSR count). The molecule has 0 radical (unpaired) electrons. The molecular formula is C27H19BrClF3N6O. The van der Waals surface area contributed by atoms with Gasteiger partial charge < -0.3 is 16.0 Å². The lowest BCUT2D eigenvalue weighted by molar-refractivity contribution is -0.137. The summed E-state index contributed by atoms with van der Waals surface area (Å²) >= 11 is 9.88. The van der Waals surface area contributed by atoms with Crippen molar-refractivity contribution in [1.29, 1.82) is 0 Å². The van der Waals surface area contributed by atoms with E-state index in [4.69, 9.17) is 16.6 Å². The minimum absolute atomic E-state index is 0.0354. The maximum absolute atomic E-state index is 12.9. The fraction of sp³-hybridized carbons (Fsp3) is 0.0741. The first-order chi connectivity index (χ1) is 18.7. The van der Waals surface area contributed by atoms with Crippen LogP contribution in [-0.2, 0) is 12.7 Å². The molecule has 2 heterocycles. The van der Waals surface area contributed by atoms with Crippen LogP contribution in [0.4, 0.5) is 35.2 Å². The standard InChI is InChI=1S/C27H19BrClF3N6O/c28-21-15-34-38-24(13-23(37-25(21)38)20-6-1-2-7-22(20)29)33-14-16-8-10-18(11-9-16)35-26(39)36-19-5-3-4-17(12-19)27(30,31)32/h1-13,15,33H,14H2,(H2,35,36,39). The number of fused-ring (bicyclic) bond motifs is 1. The Bertz CT molecular complexity index is 1660. The van der Waals surface area contributed by atoms with Crippen molar-refractivity contribution in [2.45, 2.75) is 12.7 Å². The molecule has 0 unspecified atom stereocenters. The van der Waals surface area contributed by atoms with Gasteiger partial charge in [-0.25, -0.2) is 9.78 Å². The molecule has 0 spiro atoms. The summed E-state index contributed by atoms with van der Waals surface area (Å²) in [5.74, 6) is 0.697. The van der Waals surface area contributed by atoms with Gasteiger partial charge in [-0.2, -0.15) is 22.8 Å². The fourth-order valence-corrected chi connectivity index (χ4v) is 4.41. The highest BCUT2D eigenvalue weighted by atomic mass is 79.9. The minimum atomic E-state index is -4.50. The fourth-order valence-electron chi connectivity index (χ4n) is 3.83. The maximum atomic E-state index is 12.9. The van der Waals surface area contributed by atoms with Gasteiger partial charge in [0.15, 0.2) is 5.65 Å². The molecule has 0 bridgehead atoms. The number of anilines is 3. The van der Waals surface area contributed by atoms with Crippen molar-refractivity contribution in [3.05, 3.63) is 106 Å². The van der Waals surface area contributed by atoms with E-state index >= 15 is 0 Å². The molecular weight excluding hydrogens is 597 g/mol. The molecule has 0 aliphatic carbocycles. The summed E-state index contributed by atoms with van der Waals surface area (Å²) in [6.07, 6.45) is -2.83. The van der Waals surface area contributed by atoms with Crippen LogP contribution in [0.1, 0.15) is 11.1 Å². The Labute approximate surface area is 234 Å². The zero-order valence-corrected chi connectivity index (χ0v) is 22.3. The number of nitrogens with one attached hydrogen (secondary N) is 3. The molecule has 39 heavy (non-hydrogen) atoms. The second-order valence-corrected chi connectivity index (χ2v) is 9.70. The zero-order chi connectivity index (χ0) is 27.6. The van der Waals surface area contributed by atoms with Crippen molar-refractivity contribution in [3.63, 3.8) is 0 Å². The van der Waals surface area contributed by atoms with E-state index in [9.17, 15) is 18.0 Å². The lowest BCUT2D eigenvalue weighted by atomic mass is 10.1. The Hall–Kier alpha value is -4.09. The van der Waals surface area contributed by atoms with Gasteiger partial charge >= 0.3 is 12.2 Å². The molecule has 0 atom stereocenters. The lowest BCUT2D eigenvalue weighted by Gasteiger charge is -2.13. The average molecular weight is 616 g/mol. The van der Waals surface area contributed by atoms with E-state index in [-0.39, 0.29) is 5.69 Å². The van der Waals surface area contributed by atoms with Crippen LogP contribution >= 0.6 is 27.5 Å². The molecule has 2 aromatic heterocycles. The summed E-state index contributed by atoms with van der Waals surface area (Å²) in [6.45, 7) is 0.440. The van der Waals surface area contributed by atoms with E-state index in [0.717, 1.165) is 27.7 Å². The van der Waals surface area contributed by atoms with Gasteiger partial charge in [-0.3, -0.25) is 0 Å². The topological polar surface area (TPSA) is 83.3 Å². The highest BCUT2D eigenvalue weighted by molar-refractivity contribution is 9.10. The number of hydrogen-bond acceptors (Lipinski definition) is 4. The smallest absolute Gasteiger partial charge is 0.366 e. The van der Waals surface area contributed by atoms with E-state index in [1.165, 1.54) is 12.1 Å². The van der Waals surface area contributed by atoms with E-state index in [1.807, 2.05) is 36.4 Å². The van der Waals surface area contributed by atoms with Crippen molar-refractivity contribution >= 4 is 56.4 Å². The molecule has 3 aromatic carbocycles. The number of carbonyl (C=O) groups excluding carboxylic acids is 1. The van der Waals surface area contributed by atoms with Crippen LogP contribution in [0.5, 0.6) is 0 Å². The summed E-state index contributed by atoms with van der Waals surface area (Å²) in [7, 11) is 0. The summed E-state index contributed by atoms with van der Waals surface area (Å²) in [4.78, 5) is 17.0. The number of hydrogen-bond donors (Lipinski definition) is 3. The number of nitrogens with zero attached hydrogens (tertiary/aromatic N) is 3. The first-order valence-corrected chi connectivity index (χ1v) is 12.7. The van der Waals surface area contributed by atoms with Gasteiger partial charge in [0.2, 0.25) is 0 Å². The number of halogens is 5. The van der Waals surface area contributed by atoms with Gasteiger partial charge in [-0.1, -0.05) is 48.0 Å². The normalized spacial score (nSPS) is 11.4. The van der Waals surface area contributed by atoms with Crippen LogP contribution in [0.25, 0.3) is 16.9 Å². The summed E-state index contributed by atoms with van der Waals surface area (Å²) in [6, 6.07) is 20.1. The molecule has 0 saturated carbocycles. The second kappa shape index (κ2) is 11.0. The number of amides is 2. The Morgan fingerprint density at radius 3 is 2.44 bits per heavy atom. The molecule has 7 nitrogen and oxygen atoms in total. The Kier molecular flexibility index (Phi) is 7.45. The summed E-state index contributed by atoms with van der Waals surface area (Å²) in [5, 5.41) is 13.4. The van der Waals surface area contributed by atoms with Crippen molar-refractivity contribution in [2.75, 3.05) is 16.0 Å². The summed E-state index contributed by atoms with van der Waals surface area (Å²) in [5.41, 5.74) is 2.68. The lowest BCUT2D eigenvalue weighted by Crippen LogP contribution is -2.19. The summed E-state index contributed by atoms with van der Waals surface area (Å²) < 4.78 is 41.1. The third-order valence-electron chi connectivity index (χ3n) is 5.71. The molecule has 198 valence electrons. The highest BCUT2D eigenvalue weighted by Crippen LogP contribution is 2.32. The van der Waals surface area contributed by atoms with E-state index in [1.54, 1.807) is 28.9 Å². The molecule has 0 aliphatic rings. The molecule has 12 heteroatoms. The quantitative estimate of drug-likeness (QED) is 0.180. The van der Waals surface area contributed by atoms with Gasteiger partial charge in [-0.15, -0.1) is 0 Å². The van der Waals surface area contributed by atoms with Crippen molar-refractivity contribution in [3.8, 4) is 11.3 Å². The first kappa shape index (κ1) is 26.5. The van der Waals surface area contributed by atoms with Crippen LogP contribution in [0.2, 0.25) is 5.02 Å². The van der Waals surface area contributed by atoms with Crippen LogP contribution in [0.15, 0.2) is 89.5 Å². The van der Waals surface area contributed by atoms with Crippen LogP contribution in [-0.4, -0.2) is 20.6 Å². The maximum Gasteiger partial charge on any atom is 0.416 e. The average Bonchev–Trinajstić information content (AvgIpc) is 3.28. The third kappa shape index (κ3) is 6.15. The van der Waals surface area contributed by atoms with Crippen LogP contribution in [0.3, 0.4) is 0 Å². The van der Waals surface area contributed by atoms with Crippen molar-refractivity contribution in [2.24, 2.45) is 0 Å². The number of alkyl halides is 3. The predicted octanol–water partition coefficient (Wildman–Crippen LogP) is 8.09. The van der Waals surface area contributed by atoms with Crippen LogP contribution in [0, 0.1) is 0 Å². The third-order valence-corrected chi connectivity index (χ3v) is 6.60. The molecule has 5 aromatic rings. The first-order valence-electron chi connectivity index (χ1n) is 11.5. The van der Waals surface area contributed by atoms with Crippen molar-refractivity contribution in [1.82, 2.24) is 14.6 Å². The van der Waals surface area contributed by atoms with E-state index in [2.05, 4.69) is 37.0 Å². The second-order valence-electron chi connectivity index (χ2n) is 8.44. The number of benzene rings is 3. The monoisotopic (exact) mass is 614 g/mol. The van der Waals surface area contributed by atoms with Gasteiger partial charge in [0.1, 0.15) is 5.82 Å². The molecule has 0 fully saturated rings. The molecule has 2 amide bonds. The highest BCUT2D eigenvalue weighted by Gasteiger charge is 2.30. The van der Waals surface area contributed by atoms with Gasteiger partial charge in [-0.05, 0) is 57.9 Å². The van der Waals surface area contributed by atoms with Gasteiger partial charge in [0.25, 0.3) is 0 Å². The SMILES string of the molecule is O=C(Nc1ccc(CNc2cc(-c3ccccc3Cl)nc3c(Br)cnn23)cc1)Nc1cccc(C(F)(F)F)c1. The minimum Gasteiger partial charge on any atom is -0.366 e. The number of urea groups is 1. The van der Waals surface area contributed by atoms with Crippen molar-refractivity contribution < 1.29 is 18.0 Å². The van der Waals surface area contributed by atoms with E-state index < -0.39 is 17.8 Å². The van der Waals surface area contributed by atoms with E-state index in [0.29, 0.717) is 34.4 Å². The number of aromatic nitrogens is 3. The van der Waals surface area contributed by atoms with Gasteiger partial charge in [0, 0.05) is 34.6 Å². The van der Waals surface area contributed by atoms with Crippen LogP contribution < -0.4 is 16.0 Å². The number of carbonyl (C=O) groups is 1. The molecule has 0 saturated heterocycles. The number of rotatable bonds is 6. The largest absolute Gasteiger partial charge is 0.416 e. The zero-order valence-electron chi connectivity index (χ0n) is 19.9. The Morgan fingerprint density at radius 1 is 0.949 bits per heavy atom. The predicted molar refractivity (Wildman–Crippen MR) is 149 cm³/mol. The molecule has 3 N–H and O–H groups in total.